The quantitative estimate of drug-likeness (QED) is 0.604. The zero-order valence-corrected chi connectivity index (χ0v) is 7.54. The molecular formula is C9H17NO. The molecule has 0 aliphatic carbocycles. The summed E-state index contributed by atoms with van der Waals surface area (Å²) in [5.41, 5.74) is 0. The van der Waals surface area contributed by atoms with E-state index in [0.717, 1.165) is 6.42 Å². The standard InChI is InChI=1S/C9H17NO/c1-5-8(3)10(4)7-9(11)6-2/h1,8-9,11H,6-7H2,2-4H3/t8?,9-/m1/s1. The lowest BCUT2D eigenvalue weighted by atomic mass is 10.2. The molecule has 0 spiro atoms. The first-order valence-corrected chi connectivity index (χ1v) is 3.96. The zero-order valence-electron chi connectivity index (χ0n) is 7.54. The maximum atomic E-state index is 9.26. The second-order valence-electron chi connectivity index (χ2n) is 2.84. The molecule has 0 aliphatic heterocycles. The van der Waals surface area contributed by atoms with Crippen LogP contribution in [0.5, 0.6) is 0 Å². The summed E-state index contributed by atoms with van der Waals surface area (Å²) >= 11 is 0. The van der Waals surface area contributed by atoms with Crippen molar-refractivity contribution in [3.8, 4) is 12.3 Å². The molecule has 0 amide bonds. The number of hydrogen-bond acceptors (Lipinski definition) is 2. The fourth-order valence-corrected chi connectivity index (χ4v) is 0.747. The van der Waals surface area contributed by atoms with Gasteiger partial charge in [0.05, 0.1) is 12.1 Å². The second-order valence-corrected chi connectivity index (χ2v) is 2.84. The van der Waals surface area contributed by atoms with Crippen LogP contribution in [0.3, 0.4) is 0 Å². The maximum absolute atomic E-state index is 9.26. The van der Waals surface area contributed by atoms with Gasteiger partial charge in [0.15, 0.2) is 0 Å². The van der Waals surface area contributed by atoms with Gasteiger partial charge in [-0.1, -0.05) is 12.8 Å². The Hall–Kier alpha value is -0.520. The number of likely N-dealkylation sites (N-methyl/N-ethyl adjacent to an activating group) is 1. The molecule has 0 fully saturated rings. The van der Waals surface area contributed by atoms with Crippen LogP contribution in [0.25, 0.3) is 0 Å². The predicted octanol–water partition coefficient (Wildman–Crippen LogP) is 0.711. The fraction of sp³-hybridized carbons (Fsp3) is 0.778. The van der Waals surface area contributed by atoms with Gasteiger partial charge in [-0.3, -0.25) is 4.90 Å². The van der Waals surface area contributed by atoms with Crippen molar-refractivity contribution >= 4 is 0 Å². The predicted molar refractivity (Wildman–Crippen MR) is 47.2 cm³/mol. The molecule has 0 bridgehead atoms. The number of hydrogen-bond donors (Lipinski definition) is 1. The smallest absolute Gasteiger partial charge is 0.0681 e. The molecule has 0 rings (SSSR count). The Kier molecular flexibility index (Phi) is 4.93. The lowest BCUT2D eigenvalue weighted by Gasteiger charge is -2.22. The minimum Gasteiger partial charge on any atom is -0.392 e. The molecule has 0 aromatic heterocycles. The minimum atomic E-state index is -0.254. The second kappa shape index (κ2) is 5.17. The van der Waals surface area contributed by atoms with Crippen LogP contribution >= 0.6 is 0 Å². The van der Waals surface area contributed by atoms with Gasteiger partial charge >= 0.3 is 0 Å². The highest BCUT2D eigenvalue weighted by atomic mass is 16.3. The molecule has 64 valence electrons. The first kappa shape index (κ1) is 10.5. The van der Waals surface area contributed by atoms with Crippen LogP contribution in [0.4, 0.5) is 0 Å². The van der Waals surface area contributed by atoms with Crippen molar-refractivity contribution in [3.63, 3.8) is 0 Å². The highest BCUT2D eigenvalue weighted by Crippen LogP contribution is 1.98. The Morgan fingerprint density at radius 3 is 2.55 bits per heavy atom. The average Bonchev–Trinajstić information content (AvgIpc) is 2.02. The number of aliphatic hydroxyl groups excluding tert-OH is 1. The van der Waals surface area contributed by atoms with Gasteiger partial charge in [-0.2, -0.15) is 0 Å². The van der Waals surface area contributed by atoms with Gasteiger partial charge in [-0.05, 0) is 20.4 Å². The Morgan fingerprint density at radius 1 is 1.64 bits per heavy atom. The van der Waals surface area contributed by atoms with E-state index in [1.54, 1.807) is 0 Å². The van der Waals surface area contributed by atoms with Gasteiger partial charge in [-0.15, -0.1) is 6.42 Å². The summed E-state index contributed by atoms with van der Waals surface area (Å²) in [5.74, 6) is 2.61. The van der Waals surface area contributed by atoms with Gasteiger partial charge in [0.1, 0.15) is 0 Å². The van der Waals surface area contributed by atoms with Crippen molar-refractivity contribution in [2.45, 2.75) is 32.4 Å². The van der Waals surface area contributed by atoms with Crippen LogP contribution in [0.15, 0.2) is 0 Å². The van der Waals surface area contributed by atoms with E-state index < -0.39 is 0 Å². The van der Waals surface area contributed by atoms with Crippen LogP contribution < -0.4 is 0 Å². The molecule has 0 saturated heterocycles. The Morgan fingerprint density at radius 2 is 2.18 bits per heavy atom. The third-order valence-electron chi connectivity index (χ3n) is 1.87. The number of terminal acetylenes is 1. The molecule has 2 heteroatoms. The topological polar surface area (TPSA) is 23.5 Å². The molecular weight excluding hydrogens is 138 g/mol. The first-order valence-electron chi connectivity index (χ1n) is 3.96. The molecule has 0 aromatic rings. The molecule has 0 saturated carbocycles. The van der Waals surface area contributed by atoms with Crippen LogP contribution in [-0.2, 0) is 0 Å². The maximum Gasteiger partial charge on any atom is 0.0681 e. The Bertz CT molecular complexity index is 139. The summed E-state index contributed by atoms with van der Waals surface area (Å²) in [7, 11) is 1.92. The van der Waals surface area contributed by atoms with Crippen LogP contribution in [-0.4, -0.2) is 35.7 Å². The molecule has 0 aromatic carbocycles. The molecule has 1 unspecified atom stereocenters. The molecule has 0 heterocycles. The lowest BCUT2D eigenvalue weighted by Crippen LogP contribution is -2.34. The van der Waals surface area contributed by atoms with Gasteiger partial charge in [0.25, 0.3) is 0 Å². The van der Waals surface area contributed by atoms with Crippen molar-refractivity contribution in [2.75, 3.05) is 13.6 Å². The molecule has 0 aliphatic rings. The van der Waals surface area contributed by atoms with E-state index in [-0.39, 0.29) is 12.1 Å². The van der Waals surface area contributed by atoms with E-state index in [9.17, 15) is 5.11 Å². The van der Waals surface area contributed by atoms with Crippen molar-refractivity contribution < 1.29 is 5.11 Å². The fourth-order valence-electron chi connectivity index (χ4n) is 0.747. The zero-order chi connectivity index (χ0) is 8.85. The summed E-state index contributed by atoms with van der Waals surface area (Å²) in [4.78, 5) is 1.97. The molecule has 2 atom stereocenters. The number of nitrogens with zero attached hydrogens (tertiary/aromatic N) is 1. The summed E-state index contributed by atoms with van der Waals surface area (Å²) < 4.78 is 0. The summed E-state index contributed by atoms with van der Waals surface area (Å²) in [6, 6.07) is 0.108. The van der Waals surface area contributed by atoms with Crippen molar-refractivity contribution in [3.05, 3.63) is 0 Å². The van der Waals surface area contributed by atoms with E-state index in [4.69, 9.17) is 6.42 Å². The summed E-state index contributed by atoms with van der Waals surface area (Å²) in [6.07, 6.45) is 5.74. The third kappa shape index (κ3) is 4.02. The molecule has 1 N–H and O–H groups in total. The van der Waals surface area contributed by atoms with Crippen LogP contribution in [0.2, 0.25) is 0 Å². The molecule has 11 heavy (non-hydrogen) atoms. The van der Waals surface area contributed by atoms with Gasteiger partial charge < -0.3 is 5.11 Å². The third-order valence-corrected chi connectivity index (χ3v) is 1.87. The van der Waals surface area contributed by atoms with E-state index in [1.165, 1.54) is 0 Å². The SMILES string of the molecule is C#CC(C)N(C)C[C@H](O)CC. The largest absolute Gasteiger partial charge is 0.392 e. The van der Waals surface area contributed by atoms with E-state index in [1.807, 2.05) is 25.8 Å². The molecule has 0 radical (unpaired) electrons. The van der Waals surface area contributed by atoms with Gasteiger partial charge in [-0.25, -0.2) is 0 Å². The van der Waals surface area contributed by atoms with Crippen LogP contribution in [0, 0.1) is 12.3 Å². The monoisotopic (exact) mass is 155 g/mol. The number of aliphatic hydroxyl groups is 1. The average molecular weight is 155 g/mol. The van der Waals surface area contributed by atoms with E-state index in [2.05, 4.69) is 5.92 Å². The van der Waals surface area contributed by atoms with Gasteiger partial charge in [0.2, 0.25) is 0 Å². The Labute approximate surface area is 69.2 Å². The first-order chi connectivity index (χ1) is 5.11. The van der Waals surface area contributed by atoms with Crippen molar-refractivity contribution in [1.29, 1.82) is 0 Å². The highest BCUT2D eigenvalue weighted by Gasteiger charge is 2.09. The number of rotatable bonds is 4. The van der Waals surface area contributed by atoms with E-state index >= 15 is 0 Å². The normalized spacial score (nSPS) is 16.0. The van der Waals surface area contributed by atoms with E-state index in [0.29, 0.717) is 6.54 Å². The lowest BCUT2D eigenvalue weighted by molar-refractivity contribution is 0.115. The minimum absolute atomic E-state index is 0.108. The Balaban J connectivity index is 3.69. The van der Waals surface area contributed by atoms with Crippen molar-refractivity contribution in [2.24, 2.45) is 0 Å². The van der Waals surface area contributed by atoms with Gasteiger partial charge in [0, 0.05) is 6.54 Å². The van der Waals surface area contributed by atoms with Crippen LogP contribution in [0.1, 0.15) is 20.3 Å². The van der Waals surface area contributed by atoms with Crippen molar-refractivity contribution in [1.82, 2.24) is 4.90 Å². The summed E-state index contributed by atoms with van der Waals surface area (Å²) in [5, 5.41) is 9.26. The highest BCUT2D eigenvalue weighted by molar-refractivity contribution is 4.96. The molecule has 2 nitrogen and oxygen atoms in total. The summed E-state index contributed by atoms with van der Waals surface area (Å²) in [6.45, 7) is 4.56.